The molecule has 0 saturated carbocycles. The highest BCUT2D eigenvalue weighted by atomic mass is 16.1. The van der Waals surface area contributed by atoms with Crippen LogP contribution in [0.4, 0.5) is 5.82 Å². The van der Waals surface area contributed by atoms with Gasteiger partial charge in [-0.3, -0.25) is 4.57 Å². The SMILES string of the molecule is Cc1ccc(-n2c(=O)[nH]c3ccnc(N)c32)cc1. The van der Waals surface area contributed by atoms with Crippen molar-refractivity contribution in [3.63, 3.8) is 0 Å². The third-order valence-electron chi connectivity index (χ3n) is 2.91. The normalized spacial score (nSPS) is 10.9. The van der Waals surface area contributed by atoms with Gasteiger partial charge in [-0.2, -0.15) is 0 Å². The van der Waals surface area contributed by atoms with E-state index in [1.807, 2.05) is 31.2 Å². The number of H-pyrrole nitrogens is 1. The predicted molar refractivity (Wildman–Crippen MR) is 70.8 cm³/mol. The van der Waals surface area contributed by atoms with Crippen LogP contribution in [0.1, 0.15) is 5.56 Å². The second-order valence-corrected chi connectivity index (χ2v) is 4.19. The summed E-state index contributed by atoms with van der Waals surface area (Å²) in [5.41, 5.74) is 8.85. The molecule has 0 saturated heterocycles. The van der Waals surface area contributed by atoms with Crippen molar-refractivity contribution in [2.45, 2.75) is 6.92 Å². The summed E-state index contributed by atoms with van der Waals surface area (Å²) in [5.74, 6) is 0.339. The Morgan fingerprint density at radius 2 is 1.94 bits per heavy atom. The fourth-order valence-corrected chi connectivity index (χ4v) is 2.02. The number of rotatable bonds is 1. The molecule has 5 nitrogen and oxygen atoms in total. The number of nitrogens with zero attached hydrogens (tertiary/aromatic N) is 2. The van der Waals surface area contributed by atoms with Crippen molar-refractivity contribution >= 4 is 16.9 Å². The van der Waals surface area contributed by atoms with Crippen molar-refractivity contribution in [1.82, 2.24) is 14.5 Å². The van der Waals surface area contributed by atoms with Crippen molar-refractivity contribution in [2.24, 2.45) is 0 Å². The molecule has 90 valence electrons. The highest BCUT2D eigenvalue weighted by Gasteiger charge is 2.11. The lowest BCUT2D eigenvalue weighted by molar-refractivity contribution is 1.01. The number of nitrogens with one attached hydrogen (secondary N) is 1. The van der Waals surface area contributed by atoms with Gasteiger partial charge < -0.3 is 10.7 Å². The van der Waals surface area contributed by atoms with Crippen molar-refractivity contribution in [2.75, 3.05) is 5.73 Å². The first-order valence-corrected chi connectivity index (χ1v) is 5.59. The molecule has 0 amide bonds. The highest BCUT2D eigenvalue weighted by molar-refractivity contribution is 5.86. The van der Waals surface area contributed by atoms with Crippen LogP contribution in [-0.4, -0.2) is 14.5 Å². The lowest BCUT2D eigenvalue weighted by atomic mass is 10.2. The Kier molecular flexibility index (Phi) is 2.19. The molecule has 0 radical (unpaired) electrons. The molecular weight excluding hydrogens is 228 g/mol. The molecule has 3 rings (SSSR count). The maximum atomic E-state index is 12.0. The zero-order valence-corrected chi connectivity index (χ0v) is 9.84. The number of aromatic amines is 1. The fourth-order valence-electron chi connectivity index (χ4n) is 2.02. The predicted octanol–water partition coefficient (Wildman–Crippen LogP) is 1.60. The van der Waals surface area contributed by atoms with Gasteiger partial charge in [0.1, 0.15) is 11.3 Å². The Bertz CT molecular complexity index is 768. The van der Waals surface area contributed by atoms with Crippen molar-refractivity contribution in [3.05, 3.63) is 52.6 Å². The van der Waals surface area contributed by atoms with Gasteiger partial charge in [-0.05, 0) is 25.1 Å². The third kappa shape index (κ3) is 1.48. The van der Waals surface area contributed by atoms with E-state index in [1.54, 1.807) is 12.3 Å². The number of nitrogen functional groups attached to an aromatic ring is 1. The minimum absolute atomic E-state index is 0.214. The van der Waals surface area contributed by atoms with Gasteiger partial charge in [0.05, 0.1) is 11.2 Å². The molecule has 0 fully saturated rings. The number of pyridine rings is 1. The maximum Gasteiger partial charge on any atom is 0.331 e. The van der Waals surface area contributed by atoms with E-state index in [4.69, 9.17) is 5.73 Å². The lowest BCUT2D eigenvalue weighted by Crippen LogP contribution is -2.15. The standard InChI is InChI=1S/C13H12N4O/c1-8-2-4-9(5-3-8)17-11-10(16-13(17)18)6-7-15-12(11)14/h2-7H,1H3,(H2,14,15)(H,16,18). The summed E-state index contributed by atoms with van der Waals surface area (Å²) < 4.78 is 1.54. The Labute approximate surface area is 103 Å². The molecule has 0 aliphatic carbocycles. The average molecular weight is 240 g/mol. The van der Waals surface area contributed by atoms with Crippen LogP contribution in [0.3, 0.4) is 0 Å². The largest absolute Gasteiger partial charge is 0.382 e. The first kappa shape index (κ1) is 10.6. The Hall–Kier alpha value is -2.56. The van der Waals surface area contributed by atoms with Gasteiger partial charge in [-0.25, -0.2) is 9.78 Å². The van der Waals surface area contributed by atoms with Gasteiger partial charge >= 0.3 is 5.69 Å². The highest BCUT2D eigenvalue weighted by Crippen LogP contribution is 2.19. The molecule has 5 heteroatoms. The summed E-state index contributed by atoms with van der Waals surface area (Å²) >= 11 is 0. The number of aromatic nitrogens is 3. The zero-order valence-electron chi connectivity index (χ0n) is 9.84. The summed E-state index contributed by atoms with van der Waals surface area (Å²) in [6.07, 6.45) is 1.58. The monoisotopic (exact) mass is 240 g/mol. The number of hydrogen-bond donors (Lipinski definition) is 2. The molecule has 3 aromatic rings. The smallest absolute Gasteiger partial charge is 0.331 e. The number of imidazole rings is 1. The van der Waals surface area contributed by atoms with Gasteiger partial charge in [0.2, 0.25) is 0 Å². The van der Waals surface area contributed by atoms with E-state index >= 15 is 0 Å². The first-order chi connectivity index (χ1) is 8.66. The van der Waals surface area contributed by atoms with Gasteiger partial charge in [0.25, 0.3) is 0 Å². The molecule has 3 N–H and O–H groups in total. The van der Waals surface area contributed by atoms with Gasteiger partial charge in [0.15, 0.2) is 0 Å². The number of nitrogens with two attached hydrogens (primary N) is 1. The molecule has 2 heterocycles. The van der Waals surface area contributed by atoms with Crippen LogP contribution in [0.25, 0.3) is 16.7 Å². The van der Waals surface area contributed by atoms with E-state index < -0.39 is 0 Å². The number of aryl methyl sites for hydroxylation is 1. The van der Waals surface area contributed by atoms with E-state index in [0.29, 0.717) is 16.9 Å². The lowest BCUT2D eigenvalue weighted by Gasteiger charge is -2.04. The number of benzene rings is 1. The third-order valence-corrected chi connectivity index (χ3v) is 2.91. The summed E-state index contributed by atoms with van der Waals surface area (Å²) in [4.78, 5) is 18.8. The molecule has 18 heavy (non-hydrogen) atoms. The van der Waals surface area contributed by atoms with Crippen LogP contribution >= 0.6 is 0 Å². The topological polar surface area (TPSA) is 76.7 Å². The Balaban J connectivity index is 2.38. The molecule has 1 aromatic carbocycles. The second kappa shape index (κ2) is 3.73. The minimum atomic E-state index is -0.214. The number of anilines is 1. The molecule has 0 aliphatic heterocycles. The second-order valence-electron chi connectivity index (χ2n) is 4.19. The van der Waals surface area contributed by atoms with Crippen molar-refractivity contribution < 1.29 is 0 Å². The molecule has 0 bridgehead atoms. The Morgan fingerprint density at radius 1 is 1.22 bits per heavy atom. The van der Waals surface area contributed by atoms with Crippen molar-refractivity contribution in [1.29, 1.82) is 0 Å². The summed E-state index contributed by atoms with van der Waals surface area (Å²) in [5, 5.41) is 0. The van der Waals surface area contributed by atoms with E-state index in [9.17, 15) is 4.79 Å². The van der Waals surface area contributed by atoms with Crippen LogP contribution in [0, 0.1) is 6.92 Å². The molecule has 2 aromatic heterocycles. The summed E-state index contributed by atoms with van der Waals surface area (Å²) in [6.45, 7) is 2.00. The fraction of sp³-hybridized carbons (Fsp3) is 0.0769. The van der Waals surface area contributed by atoms with Crippen LogP contribution < -0.4 is 11.4 Å². The van der Waals surface area contributed by atoms with E-state index in [1.165, 1.54) is 4.57 Å². The van der Waals surface area contributed by atoms with Crippen LogP contribution in [0.15, 0.2) is 41.3 Å². The molecule has 0 spiro atoms. The molecule has 0 atom stereocenters. The number of hydrogen-bond acceptors (Lipinski definition) is 3. The van der Waals surface area contributed by atoms with Crippen LogP contribution in [0.2, 0.25) is 0 Å². The Morgan fingerprint density at radius 3 is 2.67 bits per heavy atom. The molecule has 0 unspecified atom stereocenters. The van der Waals surface area contributed by atoms with Gasteiger partial charge in [-0.1, -0.05) is 17.7 Å². The van der Waals surface area contributed by atoms with Crippen LogP contribution in [0.5, 0.6) is 0 Å². The first-order valence-electron chi connectivity index (χ1n) is 5.59. The van der Waals surface area contributed by atoms with Crippen molar-refractivity contribution in [3.8, 4) is 5.69 Å². The quantitative estimate of drug-likeness (QED) is 0.678. The molecule has 0 aliphatic rings. The number of fused-ring (bicyclic) bond motifs is 1. The zero-order chi connectivity index (χ0) is 12.7. The summed E-state index contributed by atoms with van der Waals surface area (Å²) in [7, 11) is 0. The van der Waals surface area contributed by atoms with E-state index in [2.05, 4.69) is 9.97 Å². The maximum absolute atomic E-state index is 12.0. The molecular formula is C13H12N4O. The van der Waals surface area contributed by atoms with E-state index in [0.717, 1.165) is 11.3 Å². The van der Waals surface area contributed by atoms with Gasteiger partial charge in [-0.15, -0.1) is 0 Å². The van der Waals surface area contributed by atoms with E-state index in [-0.39, 0.29) is 5.69 Å². The van der Waals surface area contributed by atoms with Gasteiger partial charge in [0, 0.05) is 6.20 Å². The summed E-state index contributed by atoms with van der Waals surface area (Å²) in [6, 6.07) is 9.41. The minimum Gasteiger partial charge on any atom is -0.382 e. The average Bonchev–Trinajstić information content (AvgIpc) is 2.68. The van der Waals surface area contributed by atoms with Crippen LogP contribution in [-0.2, 0) is 0 Å².